The molecule has 162 valence electrons. The van der Waals surface area contributed by atoms with E-state index < -0.39 is 5.82 Å². The predicted molar refractivity (Wildman–Crippen MR) is 118 cm³/mol. The van der Waals surface area contributed by atoms with Gasteiger partial charge in [-0.15, -0.1) is 0 Å². The third-order valence-electron chi connectivity index (χ3n) is 5.75. The number of nitrogens with zero attached hydrogens (tertiary/aromatic N) is 1. The first-order valence-electron chi connectivity index (χ1n) is 10.3. The Bertz CT molecular complexity index is 1180. The highest BCUT2D eigenvalue weighted by Crippen LogP contribution is 2.32. The van der Waals surface area contributed by atoms with Crippen LogP contribution >= 0.6 is 11.6 Å². The summed E-state index contributed by atoms with van der Waals surface area (Å²) in [6.07, 6.45) is 2.00. The van der Waals surface area contributed by atoms with Gasteiger partial charge in [0.15, 0.2) is 6.61 Å². The predicted octanol–water partition coefficient (Wildman–Crippen LogP) is 5.20. The summed E-state index contributed by atoms with van der Waals surface area (Å²) in [6, 6.07) is 8.99. The fourth-order valence-corrected chi connectivity index (χ4v) is 4.15. The summed E-state index contributed by atoms with van der Waals surface area (Å²) in [5.74, 6) is 0.660. The summed E-state index contributed by atoms with van der Waals surface area (Å²) in [5.41, 5.74) is 0.0455. The van der Waals surface area contributed by atoms with Crippen molar-refractivity contribution >= 4 is 28.5 Å². The van der Waals surface area contributed by atoms with Crippen LogP contribution in [0.2, 0.25) is 5.02 Å². The van der Waals surface area contributed by atoms with Crippen LogP contribution in [0.25, 0.3) is 22.1 Å². The van der Waals surface area contributed by atoms with Crippen molar-refractivity contribution < 1.29 is 18.3 Å². The first kappa shape index (κ1) is 21.4. The van der Waals surface area contributed by atoms with Gasteiger partial charge in [-0.1, -0.05) is 24.6 Å². The van der Waals surface area contributed by atoms with Crippen LogP contribution in [0.4, 0.5) is 4.39 Å². The average Bonchev–Trinajstić information content (AvgIpc) is 2.74. The third kappa shape index (κ3) is 4.30. The summed E-state index contributed by atoms with van der Waals surface area (Å²) in [5, 5.41) is 0.420. The van der Waals surface area contributed by atoms with E-state index in [1.807, 2.05) is 4.90 Å². The van der Waals surface area contributed by atoms with Crippen LogP contribution in [0.5, 0.6) is 5.75 Å². The van der Waals surface area contributed by atoms with Crippen molar-refractivity contribution in [2.45, 2.75) is 26.7 Å². The molecule has 1 aromatic heterocycles. The van der Waals surface area contributed by atoms with E-state index in [0.717, 1.165) is 25.9 Å². The van der Waals surface area contributed by atoms with E-state index in [0.29, 0.717) is 17.3 Å². The fourth-order valence-electron chi connectivity index (χ4n) is 3.90. The van der Waals surface area contributed by atoms with E-state index in [1.54, 1.807) is 25.1 Å². The zero-order valence-electron chi connectivity index (χ0n) is 17.4. The maximum atomic E-state index is 14.4. The summed E-state index contributed by atoms with van der Waals surface area (Å²) >= 11 is 6.15. The molecule has 31 heavy (non-hydrogen) atoms. The van der Waals surface area contributed by atoms with Crippen molar-refractivity contribution in [2.24, 2.45) is 5.92 Å². The van der Waals surface area contributed by atoms with Gasteiger partial charge in [0.05, 0.1) is 16.0 Å². The van der Waals surface area contributed by atoms with E-state index >= 15 is 0 Å². The van der Waals surface area contributed by atoms with Crippen LogP contribution in [0.3, 0.4) is 0 Å². The first-order chi connectivity index (χ1) is 14.8. The number of hydrogen-bond donors (Lipinski definition) is 0. The van der Waals surface area contributed by atoms with Gasteiger partial charge in [0.25, 0.3) is 5.91 Å². The Balaban J connectivity index is 1.59. The van der Waals surface area contributed by atoms with Gasteiger partial charge < -0.3 is 14.1 Å². The normalized spacial score (nSPS) is 14.8. The molecule has 1 amide bonds. The Morgan fingerprint density at radius 2 is 1.97 bits per heavy atom. The van der Waals surface area contributed by atoms with E-state index in [9.17, 15) is 14.0 Å². The average molecular weight is 444 g/mol. The highest BCUT2D eigenvalue weighted by Gasteiger charge is 2.22. The molecule has 0 aliphatic carbocycles. The van der Waals surface area contributed by atoms with E-state index in [1.165, 1.54) is 18.2 Å². The summed E-state index contributed by atoms with van der Waals surface area (Å²) in [6.45, 7) is 5.20. The Morgan fingerprint density at radius 1 is 1.23 bits per heavy atom. The SMILES string of the molecule is Cc1oc2cc(OCC(=O)N3CCC(C)CC3)ccc2c(=O)c1-c1c(F)cccc1Cl. The number of amides is 1. The highest BCUT2D eigenvalue weighted by molar-refractivity contribution is 6.33. The quantitative estimate of drug-likeness (QED) is 0.556. The van der Waals surface area contributed by atoms with Gasteiger partial charge in [-0.3, -0.25) is 9.59 Å². The van der Waals surface area contributed by atoms with Crippen LogP contribution in [-0.4, -0.2) is 30.5 Å². The maximum Gasteiger partial charge on any atom is 0.260 e. The second-order valence-corrected chi connectivity index (χ2v) is 8.38. The monoisotopic (exact) mass is 443 g/mol. The summed E-state index contributed by atoms with van der Waals surface area (Å²) in [7, 11) is 0. The lowest BCUT2D eigenvalue weighted by atomic mass is 9.99. The maximum absolute atomic E-state index is 14.4. The van der Waals surface area contributed by atoms with Crippen LogP contribution in [0, 0.1) is 18.7 Å². The highest BCUT2D eigenvalue weighted by atomic mass is 35.5. The van der Waals surface area contributed by atoms with Crippen molar-refractivity contribution in [2.75, 3.05) is 19.7 Å². The van der Waals surface area contributed by atoms with Gasteiger partial charge in [-0.25, -0.2) is 4.39 Å². The van der Waals surface area contributed by atoms with Crippen LogP contribution in [0.1, 0.15) is 25.5 Å². The number of piperidine rings is 1. The third-order valence-corrected chi connectivity index (χ3v) is 6.07. The molecule has 0 N–H and O–H groups in total. The van der Waals surface area contributed by atoms with Crippen LogP contribution < -0.4 is 10.2 Å². The van der Waals surface area contributed by atoms with Gasteiger partial charge in [0, 0.05) is 24.7 Å². The molecule has 5 nitrogen and oxygen atoms in total. The number of hydrogen-bond acceptors (Lipinski definition) is 4. The minimum absolute atomic E-state index is 0.0269. The van der Waals surface area contributed by atoms with Crippen LogP contribution in [0.15, 0.2) is 45.6 Å². The number of benzene rings is 2. The number of carbonyl (C=O) groups excluding carboxylic acids is 1. The number of carbonyl (C=O) groups is 1. The molecule has 0 spiro atoms. The van der Waals surface area contributed by atoms with Gasteiger partial charge in [0.2, 0.25) is 5.43 Å². The summed E-state index contributed by atoms with van der Waals surface area (Å²) in [4.78, 5) is 27.3. The topological polar surface area (TPSA) is 59.8 Å². The number of fused-ring (bicyclic) bond motifs is 1. The Labute approximate surface area is 184 Å². The van der Waals surface area contributed by atoms with Crippen molar-refractivity contribution in [3.05, 3.63) is 63.2 Å². The molecule has 0 radical (unpaired) electrons. The van der Waals surface area contributed by atoms with Crippen LogP contribution in [-0.2, 0) is 4.79 Å². The molecule has 2 heterocycles. The molecular formula is C24H23ClFNO4. The largest absolute Gasteiger partial charge is 0.484 e. The number of rotatable bonds is 4. The molecule has 0 atom stereocenters. The standard InChI is InChI=1S/C24H23ClFNO4/c1-14-8-10-27(11-9-14)21(28)13-30-16-6-7-17-20(12-16)31-15(2)22(24(17)29)23-18(25)4-3-5-19(23)26/h3-7,12,14H,8-11,13H2,1-2H3. The molecule has 7 heteroatoms. The second-order valence-electron chi connectivity index (χ2n) is 7.97. The van der Waals surface area contributed by atoms with E-state index in [2.05, 4.69) is 6.92 Å². The van der Waals surface area contributed by atoms with Crippen molar-refractivity contribution in [3.8, 4) is 16.9 Å². The molecule has 2 aromatic carbocycles. The lowest BCUT2D eigenvalue weighted by Crippen LogP contribution is -2.40. The molecular weight excluding hydrogens is 421 g/mol. The molecule has 1 aliphatic heterocycles. The number of halogens is 2. The second kappa shape index (κ2) is 8.71. The molecule has 3 aromatic rings. The lowest BCUT2D eigenvalue weighted by Gasteiger charge is -2.30. The van der Waals surface area contributed by atoms with Crippen molar-refractivity contribution in [1.82, 2.24) is 4.90 Å². The first-order valence-corrected chi connectivity index (χ1v) is 10.7. The molecule has 1 fully saturated rings. The fraction of sp³-hybridized carbons (Fsp3) is 0.333. The molecule has 0 bridgehead atoms. The zero-order chi connectivity index (χ0) is 22.1. The Hall–Kier alpha value is -2.86. The van der Waals surface area contributed by atoms with Gasteiger partial charge in [-0.05, 0) is 49.9 Å². The summed E-state index contributed by atoms with van der Waals surface area (Å²) < 4.78 is 25.9. The molecule has 0 unspecified atom stereocenters. The van der Waals surface area contributed by atoms with Crippen molar-refractivity contribution in [3.63, 3.8) is 0 Å². The van der Waals surface area contributed by atoms with E-state index in [4.69, 9.17) is 20.8 Å². The lowest BCUT2D eigenvalue weighted by molar-refractivity contribution is -0.134. The molecule has 0 saturated carbocycles. The zero-order valence-corrected chi connectivity index (χ0v) is 18.2. The Morgan fingerprint density at radius 3 is 2.68 bits per heavy atom. The number of aryl methyl sites for hydroxylation is 1. The van der Waals surface area contributed by atoms with Gasteiger partial charge in [0.1, 0.15) is 22.9 Å². The minimum atomic E-state index is -0.590. The van der Waals surface area contributed by atoms with Gasteiger partial charge in [-0.2, -0.15) is 0 Å². The molecule has 1 saturated heterocycles. The minimum Gasteiger partial charge on any atom is -0.484 e. The number of likely N-dealkylation sites (tertiary alicyclic amines) is 1. The van der Waals surface area contributed by atoms with E-state index in [-0.39, 0.29) is 45.2 Å². The Kier molecular flexibility index (Phi) is 6.01. The smallest absolute Gasteiger partial charge is 0.260 e. The number of ether oxygens (including phenoxy) is 1. The molecule has 1 aliphatic rings. The van der Waals surface area contributed by atoms with Gasteiger partial charge >= 0.3 is 0 Å². The van der Waals surface area contributed by atoms with Crippen molar-refractivity contribution in [1.29, 1.82) is 0 Å². The molecule has 4 rings (SSSR count).